The average Bonchev–Trinajstić information content (AvgIpc) is 2.62. The second-order valence-electron chi connectivity index (χ2n) is 4.73. The molecular formula is C16H14N4O5. The van der Waals surface area contributed by atoms with Crippen molar-refractivity contribution < 1.29 is 19.2 Å². The highest BCUT2D eigenvalue weighted by Crippen LogP contribution is 2.15. The van der Waals surface area contributed by atoms with Crippen molar-refractivity contribution in [3.05, 3.63) is 64.2 Å². The van der Waals surface area contributed by atoms with E-state index in [1.165, 1.54) is 30.5 Å². The van der Waals surface area contributed by atoms with Crippen LogP contribution in [-0.2, 0) is 9.59 Å². The van der Waals surface area contributed by atoms with E-state index in [0.717, 1.165) is 0 Å². The third kappa shape index (κ3) is 5.13. The van der Waals surface area contributed by atoms with Crippen molar-refractivity contribution >= 4 is 29.4 Å². The molecule has 0 radical (unpaired) electrons. The summed E-state index contributed by atoms with van der Waals surface area (Å²) in [4.78, 5) is 33.3. The SMILES string of the molecule is COc1ccc(/C=N/NC(=O)C(=O)Nc2ccc([N+](=O)[O-])cc2)cc1. The Hall–Kier alpha value is -3.75. The molecule has 0 aliphatic rings. The van der Waals surface area contributed by atoms with Gasteiger partial charge in [-0.15, -0.1) is 0 Å². The topological polar surface area (TPSA) is 123 Å². The number of nitro groups is 1. The van der Waals surface area contributed by atoms with Gasteiger partial charge in [0, 0.05) is 17.8 Å². The van der Waals surface area contributed by atoms with E-state index in [2.05, 4.69) is 15.8 Å². The largest absolute Gasteiger partial charge is 0.497 e. The summed E-state index contributed by atoms with van der Waals surface area (Å²) in [6.07, 6.45) is 1.37. The molecule has 0 aromatic heterocycles. The number of carbonyl (C=O) groups is 2. The zero-order valence-electron chi connectivity index (χ0n) is 13.1. The van der Waals surface area contributed by atoms with Gasteiger partial charge < -0.3 is 10.1 Å². The minimum absolute atomic E-state index is 0.119. The molecule has 9 nitrogen and oxygen atoms in total. The van der Waals surface area contributed by atoms with E-state index in [0.29, 0.717) is 11.3 Å². The van der Waals surface area contributed by atoms with Crippen molar-refractivity contribution in [3.8, 4) is 5.75 Å². The highest BCUT2D eigenvalue weighted by Gasteiger charge is 2.13. The highest BCUT2D eigenvalue weighted by atomic mass is 16.6. The van der Waals surface area contributed by atoms with Crippen LogP contribution in [0.3, 0.4) is 0 Å². The molecule has 0 aliphatic carbocycles. The van der Waals surface area contributed by atoms with Gasteiger partial charge in [0.1, 0.15) is 5.75 Å². The Kier molecular flexibility index (Phi) is 5.77. The highest BCUT2D eigenvalue weighted by molar-refractivity contribution is 6.39. The first-order valence-corrected chi connectivity index (χ1v) is 7.02. The van der Waals surface area contributed by atoms with Gasteiger partial charge in [0.2, 0.25) is 0 Å². The summed E-state index contributed by atoms with van der Waals surface area (Å²) in [5.74, 6) is -1.23. The molecule has 0 spiro atoms. The van der Waals surface area contributed by atoms with Crippen molar-refractivity contribution in [2.75, 3.05) is 12.4 Å². The lowest BCUT2D eigenvalue weighted by atomic mass is 10.2. The molecule has 0 fully saturated rings. The van der Waals surface area contributed by atoms with E-state index in [-0.39, 0.29) is 11.4 Å². The number of hydrazone groups is 1. The predicted octanol–water partition coefficient (Wildman–Crippen LogP) is 1.69. The predicted molar refractivity (Wildman–Crippen MR) is 90.5 cm³/mol. The third-order valence-electron chi connectivity index (χ3n) is 3.04. The number of nitrogens with one attached hydrogen (secondary N) is 2. The zero-order chi connectivity index (χ0) is 18.2. The Morgan fingerprint density at radius 2 is 1.72 bits per heavy atom. The second-order valence-corrected chi connectivity index (χ2v) is 4.73. The maximum atomic E-state index is 11.7. The van der Waals surface area contributed by atoms with Crippen LogP contribution in [0.25, 0.3) is 0 Å². The number of ether oxygens (including phenoxy) is 1. The van der Waals surface area contributed by atoms with Crippen LogP contribution in [0.1, 0.15) is 5.56 Å². The van der Waals surface area contributed by atoms with Crippen molar-refractivity contribution in [1.29, 1.82) is 0 Å². The van der Waals surface area contributed by atoms with Gasteiger partial charge >= 0.3 is 11.8 Å². The summed E-state index contributed by atoms with van der Waals surface area (Å²) >= 11 is 0. The number of hydrogen-bond acceptors (Lipinski definition) is 6. The van der Waals surface area contributed by atoms with E-state index < -0.39 is 16.7 Å². The molecule has 128 valence electrons. The Morgan fingerprint density at radius 1 is 1.08 bits per heavy atom. The number of rotatable bonds is 5. The maximum absolute atomic E-state index is 11.7. The summed E-state index contributed by atoms with van der Waals surface area (Å²) in [5.41, 5.74) is 2.93. The van der Waals surface area contributed by atoms with Gasteiger partial charge in [0.15, 0.2) is 0 Å². The Bertz CT molecular complexity index is 800. The number of carbonyl (C=O) groups excluding carboxylic acids is 2. The van der Waals surface area contributed by atoms with Crippen molar-refractivity contribution in [2.45, 2.75) is 0 Å². The van der Waals surface area contributed by atoms with Crippen LogP contribution in [0.15, 0.2) is 53.6 Å². The lowest BCUT2D eigenvalue weighted by Gasteiger charge is -2.03. The molecule has 0 heterocycles. The molecule has 9 heteroatoms. The normalized spacial score (nSPS) is 10.3. The molecule has 0 bridgehead atoms. The van der Waals surface area contributed by atoms with Gasteiger partial charge in [0.05, 0.1) is 18.2 Å². The average molecular weight is 342 g/mol. The summed E-state index contributed by atoms with van der Waals surface area (Å²) in [5, 5.41) is 16.5. The van der Waals surface area contributed by atoms with Gasteiger partial charge in [-0.1, -0.05) is 0 Å². The van der Waals surface area contributed by atoms with Crippen LogP contribution in [0, 0.1) is 10.1 Å². The van der Waals surface area contributed by atoms with Gasteiger partial charge in [-0.05, 0) is 42.0 Å². The Morgan fingerprint density at radius 3 is 2.28 bits per heavy atom. The number of methoxy groups -OCH3 is 1. The standard InChI is InChI=1S/C16H14N4O5/c1-25-14-8-2-11(3-9-14)10-17-19-16(22)15(21)18-12-4-6-13(7-5-12)20(23)24/h2-10H,1H3,(H,18,21)(H,19,22)/b17-10+. The van der Waals surface area contributed by atoms with Gasteiger partial charge in [-0.25, -0.2) is 5.43 Å². The number of non-ortho nitro benzene ring substituents is 1. The van der Waals surface area contributed by atoms with E-state index >= 15 is 0 Å². The van der Waals surface area contributed by atoms with Crippen molar-refractivity contribution in [1.82, 2.24) is 5.43 Å². The molecular weight excluding hydrogens is 328 g/mol. The first kappa shape index (κ1) is 17.6. The maximum Gasteiger partial charge on any atom is 0.329 e. The molecule has 2 aromatic rings. The van der Waals surface area contributed by atoms with E-state index in [1.54, 1.807) is 31.4 Å². The molecule has 25 heavy (non-hydrogen) atoms. The summed E-state index contributed by atoms with van der Waals surface area (Å²) in [7, 11) is 1.55. The number of nitrogens with zero attached hydrogens (tertiary/aromatic N) is 2. The fourth-order valence-electron chi connectivity index (χ4n) is 1.76. The quantitative estimate of drug-likeness (QED) is 0.370. The molecule has 0 aliphatic heterocycles. The van der Waals surface area contributed by atoms with Crippen LogP contribution in [0.4, 0.5) is 11.4 Å². The third-order valence-corrected chi connectivity index (χ3v) is 3.04. The first-order valence-electron chi connectivity index (χ1n) is 7.02. The number of anilines is 1. The Balaban J connectivity index is 1.87. The van der Waals surface area contributed by atoms with Crippen LogP contribution in [0.2, 0.25) is 0 Å². The number of benzene rings is 2. The minimum Gasteiger partial charge on any atom is -0.497 e. The first-order chi connectivity index (χ1) is 12.0. The fourth-order valence-corrected chi connectivity index (χ4v) is 1.76. The van der Waals surface area contributed by atoms with Crippen molar-refractivity contribution in [3.63, 3.8) is 0 Å². The lowest BCUT2D eigenvalue weighted by Crippen LogP contribution is -2.32. The van der Waals surface area contributed by atoms with Crippen LogP contribution >= 0.6 is 0 Å². The lowest BCUT2D eigenvalue weighted by molar-refractivity contribution is -0.384. The molecule has 2 aromatic carbocycles. The molecule has 0 saturated carbocycles. The van der Waals surface area contributed by atoms with Gasteiger partial charge in [-0.2, -0.15) is 5.10 Å². The zero-order valence-corrected chi connectivity index (χ0v) is 13.1. The summed E-state index contributed by atoms with van der Waals surface area (Å²) in [6, 6.07) is 12.0. The van der Waals surface area contributed by atoms with Crippen LogP contribution < -0.4 is 15.5 Å². The van der Waals surface area contributed by atoms with E-state index in [9.17, 15) is 19.7 Å². The van der Waals surface area contributed by atoms with E-state index in [1.807, 2.05) is 0 Å². The Labute approximate surface area is 142 Å². The summed E-state index contributed by atoms with van der Waals surface area (Å²) in [6.45, 7) is 0. The number of amides is 2. The minimum atomic E-state index is -0.969. The number of nitro benzene ring substituents is 1. The number of hydrogen-bond donors (Lipinski definition) is 2. The van der Waals surface area contributed by atoms with Gasteiger partial charge in [-0.3, -0.25) is 19.7 Å². The fraction of sp³-hybridized carbons (Fsp3) is 0.0625. The monoisotopic (exact) mass is 342 g/mol. The van der Waals surface area contributed by atoms with Gasteiger partial charge in [0.25, 0.3) is 5.69 Å². The molecule has 2 amide bonds. The molecule has 0 atom stereocenters. The molecule has 2 N–H and O–H groups in total. The smallest absolute Gasteiger partial charge is 0.329 e. The van der Waals surface area contributed by atoms with Crippen LogP contribution in [0.5, 0.6) is 5.75 Å². The molecule has 0 saturated heterocycles. The summed E-state index contributed by atoms with van der Waals surface area (Å²) < 4.78 is 5.02. The van der Waals surface area contributed by atoms with Crippen molar-refractivity contribution in [2.24, 2.45) is 5.10 Å². The van der Waals surface area contributed by atoms with Crippen LogP contribution in [-0.4, -0.2) is 30.1 Å². The molecule has 0 unspecified atom stereocenters. The molecule has 2 rings (SSSR count). The second kappa shape index (κ2) is 8.20. The van der Waals surface area contributed by atoms with E-state index in [4.69, 9.17) is 4.74 Å².